The van der Waals surface area contributed by atoms with Crippen LogP contribution in [0.15, 0.2) is 30.6 Å². The Balaban J connectivity index is 1.63. The molecular weight excluding hydrogens is 391 g/mol. The van der Waals surface area contributed by atoms with Gasteiger partial charge in [-0.15, -0.1) is 0 Å². The Morgan fingerprint density at radius 1 is 1.26 bits per heavy atom. The van der Waals surface area contributed by atoms with E-state index in [1.807, 2.05) is 4.90 Å². The molecule has 7 nitrogen and oxygen atoms in total. The number of nitrogens with zero attached hydrogens (tertiary/aromatic N) is 4. The van der Waals surface area contributed by atoms with Gasteiger partial charge in [0.05, 0.1) is 25.0 Å². The molecule has 27 heavy (non-hydrogen) atoms. The van der Waals surface area contributed by atoms with Gasteiger partial charge < -0.3 is 19.6 Å². The minimum Gasteiger partial charge on any atom is -0.486 e. The number of carbonyl (C=O) groups is 1. The van der Waals surface area contributed by atoms with Gasteiger partial charge in [0, 0.05) is 42.2 Å². The first-order valence-electron chi connectivity index (χ1n) is 8.50. The van der Waals surface area contributed by atoms with E-state index in [1.54, 1.807) is 35.5 Å². The predicted molar refractivity (Wildman–Crippen MR) is 103 cm³/mol. The first-order chi connectivity index (χ1) is 13.0. The van der Waals surface area contributed by atoms with E-state index in [0.29, 0.717) is 46.9 Å². The van der Waals surface area contributed by atoms with Crippen LogP contribution < -0.4 is 9.64 Å². The van der Waals surface area contributed by atoms with Crippen LogP contribution in [0.1, 0.15) is 12.5 Å². The van der Waals surface area contributed by atoms with Crippen molar-refractivity contribution in [3.05, 3.63) is 46.2 Å². The van der Waals surface area contributed by atoms with Gasteiger partial charge in [0.25, 0.3) is 0 Å². The van der Waals surface area contributed by atoms with Crippen LogP contribution in [0.3, 0.4) is 0 Å². The number of carbonyl (C=O) groups excluding carboxylic acids is 1. The second kappa shape index (κ2) is 8.73. The number of aliphatic hydroxyl groups is 1. The van der Waals surface area contributed by atoms with Crippen molar-refractivity contribution in [3.8, 4) is 5.75 Å². The third-order valence-corrected chi connectivity index (χ3v) is 5.15. The van der Waals surface area contributed by atoms with Crippen molar-refractivity contribution in [1.29, 1.82) is 0 Å². The molecule has 0 spiro atoms. The molecular formula is C18H20Cl2N4O3. The third kappa shape index (κ3) is 4.61. The Morgan fingerprint density at radius 3 is 2.52 bits per heavy atom. The van der Waals surface area contributed by atoms with Crippen molar-refractivity contribution in [2.75, 3.05) is 31.1 Å². The van der Waals surface area contributed by atoms with E-state index >= 15 is 0 Å². The fourth-order valence-corrected chi connectivity index (χ4v) is 3.49. The molecule has 1 saturated heterocycles. The molecule has 2 heterocycles. The van der Waals surface area contributed by atoms with Crippen molar-refractivity contribution < 1.29 is 14.6 Å². The molecule has 1 N–H and O–H groups in total. The van der Waals surface area contributed by atoms with Gasteiger partial charge in [-0.05, 0) is 12.1 Å². The van der Waals surface area contributed by atoms with Gasteiger partial charge in [0.2, 0.25) is 11.9 Å². The summed E-state index contributed by atoms with van der Waals surface area (Å²) in [7, 11) is 0. The number of rotatable bonds is 5. The molecule has 1 atom stereocenters. The van der Waals surface area contributed by atoms with Gasteiger partial charge in [-0.3, -0.25) is 4.79 Å². The van der Waals surface area contributed by atoms with Crippen LogP contribution in [0.25, 0.3) is 0 Å². The van der Waals surface area contributed by atoms with Gasteiger partial charge in [0.1, 0.15) is 6.61 Å². The number of amides is 1. The third-order valence-electron chi connectivity index (χ3n) is 4.44. The number of piperazine rings is 1. The van der Waals surface area contributed by atoms with Gasteiger partial charge in [-0.2, -0.15) is 0 Å². The minimum absolute atomic E-state index is 0.0448. The van der Waals surface area contributed by atoms with E-state index in [-0.39, 0.29) is 25.2 Å². The molecule has 0 radical (unpaired) electrons. The van der Waals surface area contributed by atoms with E-state index < -0.39 is 0 Å². The lowest BCUT2D eigenvalue weighted by Crippen LogP contribution is -2.56. The van der Waals surface area contributed by atoms with Crippen LogP contribution in [-0.2, 0) is 11.4 Å². The van der Waals surface area contributed by atoms with Crippen molar-refractivity contribution in [2.45, 2.75) is 19.6 Å². The van der Waals surface area contributed by atoms with E-state index in [0.717, 1.165) is 0 Å². The fraction of sp³-hybridized carbons (Fsp3) is 0.389. The summed E-state index contributed by atoms with van der Waals surface area (Å²) in [5.41, 5.74) is 0.705. The molecule has 0 aliphatic carbocycles. The van der Waals surface area contributed by atoms with Crippen LogP contribution >= 0.6 is 23.2 Å². The summed E-state index contributed by atoms with van der Waals surface area (Å²) in [6.07, 6.45) is 3.16. The van der Waals surface area contributed by atoms with E-state index in [1.165, 1.54) is 6.92 Å². The number of anilines is 1. The summed E-state index contributed by atoms with van der Waals surface area (Å²) in [5, 5.41) is 10.6. The van der Waals surface area contributed by atoms with E-state index in [9.17, 15) is 9.90 Å². The molecule has 0 bridgehead atoms. The van der Waals surface area contributed by atoms with Crippen molar-refractivity contribution in [2.24, 2.45) is 0 Å². The molecule has 1 unspecified atom stereocenters. The average molecular weight is 411 g/mol. The van der Waals surface area contributed by atoms with Crippen LogP contribution in [0.5, 0.6) is 5.75 Å². The Bertz CT molecular complexity index is 783. The highest BCUT2D eigenvalue weighted by Gasteiger charge is 2.29. The summed E-state index contributed by atoms with van der Waals surface area (Å²) in [6.45, 7) is 3.22. The first-order valence-corrected chi connectivity index (χ1v) is 9.26. The lowest BCUT2D eigenvalue weighted by molar-refractivity contribution is -0.132. The van der Waals surface area contributed by atoms with Gasteiger partial charge in [-0.25, -0.2) is 9.97 Å². The highest BCUT2D eigenvalue weighted by atomic mass is 35.5. The van der Waals surface area contributed by atoms with Crippen molar-refractivity contribution in [3.63, 3.8) is 0 Å². The second-order valence-corrected chi connectivity index (χ2v) is 7.02. The summed E-state index contributed by atoms with van der Waals surface area (Å²) < 4.78 is 5.68. The average Bonchev–Trinajstić information content (AvgIpc) is 2.67. The maximum atomic E-state index is 11.6. The molecule has 1 fully saturated rings. The maximum absolute atomic E-state index is 11.6. The van der Waals surface area contributed by atoms with Crippen LogP contribution in [-0.4, -0.2) is 58.2 Å². The van der Waals surface area contributed by atoms with Crippen LogP contribution in [0, 0.1) is 0 Å². The summed E-state index contributed by atoms with van der Waals surface area (Å²) in [6, 6.07) is 5.02. The Hall–Kier alpha value is -2.09. The van der Waals surface area contributed by atoms with E-state index in [4.69, 9.17) is 27.9 Å². The predicted octanol–water partition coefficient (Wildman–Crippen LogP) is 2.39. The smallest absolute Gasteiger partial charge is 0.225 e. The largest absolute Gasteiger partial charge is 0.486 e. The minimum atomic E-state index is -0.266. The van der Waals surface area contributed by atoms with Crippen molar-refractivity contribution in [1.82, 2.24) is 14.9 Å². The first kappa shape index (κ1) is 19.7. The summed E-state index contributed by atoms with van der Waals surface area (Å²) >= 11 is 12.3. The molecule has 3 rings (SSSR count). The summed E-state index contributed by atoms with van der Waals surface area (Å²) in [5.74, 6) is 0.979. The fourth-order valence-electron chi connectivity index (χ4n) is 2.98. The van der Waals surface area contributed by atoms with E-state index in [2.05, 4.69) is 9.97 Å². The molecule has 1 aromatic heterocycles. The molecule has 1 aromatic carbocycles. The summed E-state index contributed by atoms with van der Waals surface area (Å²) in [4.78, 5) is 23.9. The zero-order valence-electron chi connectivity index (χ0n) is 14.8. The molecule has 9 heteroatoms. The highest BCUT2D eigenvalue weighted by molar-refractivity contribution is 6.35. The topological polar surface area (TPSA) is 78.8 Å². The Labute approximate surface area is 167 Å². The number of halogens is 2. The van der Waals surface area contributed by atoms with Gasteiger partial charge in [0.15, 0.2) is 5.75 Å². The molecule has 1 aliphatic heterocycles. The number of hydrogen-bond donors (Lipinski definition) is 1. The molecule has 144 valence electrons. The molecule has 1 aliphatic rings. The monoisotopic (exact) mass is 410 g/mol. The number of hydrogen-bond acceptors (Lipinski definition) is 6. The second-order valence-electron chi connectivity index (χ2n) is 6.20. The lowest BCUT2D eigenvalue weighted by atomic mass is 10.2. The molecule has 0 saturated carbocycles. The highest BCUT2D eigenvalue weighted by Crippen LogP contribution is 2.26. The Morgan fingerprint density at radius 2 is 1.93 bits per heavy atom. The normalized spacial score (nSPS) is 17.1. The quantitative estimate of drug-likeness (QED) is 0.814. The zero-order chi connectivity index (χ0) is 19.4. The maximum Gasteiger partial charge on any atom is 0.225 e. The van der Waals surface area contributed by atoms with Crippen LogP contribution in [0.2, 0.25) is 10.0 Å². The lowest BCUT2D eigenvalue weighted by Gasteiger charge is -2.40. The van der Waals surface area contributed by atoms with Gasteiger partial charge >= 0.3 is 0 Å². The standard InChI is InChI=1S/C18H20Cl2N4O3/c1-12(26)24-6-5-23(9-13(24)10-25)18-21-7-14(8-22-18)27-11-15-16(19)3-2-4-17(15)20/h2-4,7-8,13,25H,5-6,9-11H2,1H3. The zero-order valence-corrected chi connectivity index (χ0v) is 16.3. The van der Waals surface area contributed by atoms with Crippen molar-refractivity contribution >= 4 is 35.1 Å². The molecule has 1 amide bonds. The van der Waals surface area contributed by atoms with Gasteiger partial charge in [-0.1, -0.05) is 29.3 Å². The SMILES string of the molecule is CC(=O)N1CCN(c2ncc(OCc3c(Cl)cccc3Cl)cn2)CC1CO. The molecule has 2 aromatic rings. The number of aromatic nitrogens is 2. The Kier molecular flexibility index (Phi) is 6.36. The number of ether oxygens (including phenoxy) is 1. The number of benzene rings is 1. The number of aliphatic hydroxyl groups excluding tert-OH is 1. The van der Waals surface area contributed by atoms with Crippen LogP contribution in [0.4, 0.5) is 5.95 Å².